The van der Waals surface area contributed by atoms with Crippen LogP contribution >= 0.6 is 0 Å². The van der Waals surface area contributed by atoms with Crippen LogP contribution in [0.25, 0.3) is 0 Å². The topological polar surface area (TPSA) is 28.2 Å². The summed E-state index contributed by atoms with van der Waals surface area (Å²) in [6.45, 7) is 1.21. The molecule has 0 radical (unpaired) electrons. The lowest BCUT2D eigenvalue weighted by atomic mass is 9.93. The van der Waals surface area contributed by atoms with E-state index in [1.807, 2.05) is 6.20 Å². The van der Waals surface area contributed by atoms with Gasteiger partial charge in [-0.2, -0.15) is 0 Å². The number of hydrogen-bond donors (Lipinski definition) is 1. The maximum absolute atomic E-state index is 4.54. The summed E-state index contributed by atoms with van der Waals surface area (Å²) in [5.41, 5.74) is 1.39. The molecule has 3 heteroatoms. The molecule has 2 fully saturated rings. The minimum atomic E-state index is 0.561. The molecule has 3 nitrogen and oxygen atoms in total. The van der Waals surface area contributed by atoms with Crippen LogP contribution in [0.4, 0.5) is 5.82 Å². The first-order chi connectivity index (χ1) is 8.34. The minimum Gasteiger partial charge on any atom is -0.367 e. The third-order valence-corrected chi connectivity index (χ3v) is 4.16. The fourth-order valence-corrected chi connectivity index (χ4v) is 2.86. The Morgan fingerprint density at radius 2 is 2.18 bits per heavy atom. The van der Waals surface area contributed by atoms with Gasteiger partial charge in [-0.3, -0.25) is 4.90 Å². The molecule has 0 bridgehead atoms. The predicted octanol–water partition coefficient (Wildman–Crippen LogP) is 2.81. The summed E-state index contributed by atoms with van der Waals surface area (Å²) in [7, 11) is 2.22. The van der Waals surface area contributed by atoms with Crippen LogP contribution in [0, 0.1) is 0 Å². The van der Waals surface area contributed by atoms with Crippen molar-refractivity contribution in [3.8, 4) is 0 Å². The second-order valence-corrected chi connectivity index (χ2v) is 5.35. The first-order valence-electron chi connectivity index (χ1n) is 6.76. The van der Waals surface area contributed by atoms with E-state index in [4.69, 9.17) is 0 Å². The lowest BCUT2D eigenvalue weighted by Gasteiger charge is -2.29. The average molecular weight is 231 g/mol. The Morgan fingerprint density at radius 1 is 1.29 bits per heavy atom. The van der Waals surface area contributed by atoms with Crippen molar-refractivity contribution in [3.05, 3.63) is 23.9 Å². The molecule has 2 aliphatic rings. The molecule has 0 amide bonds. The molecule has 92 valence electrons. The molecule has 1 N–H and O–H groups in total. The smallest absolute Gasteiger partial charge is 0.130 e. The van der Waals surface area contributed by atoms with E-state index in [0.29, 0.717) is 12.1 Å². The number of likely N-dealkylation sites (tertiary alicyclic amines) is 1. The molecule has 2 heterocycles. The van der Waals surface area contributed by atoms with Crippen LogP contribution in [0.15, 0.2) is 18.3 Å². The molecule has 0 aromatic carbocycles. The first-order valence-corrected chi connectivity index (χ1v) is 6.76. The average Bonchev–Trinajstić information content (AvgIpc) is 2.70. The maximum atomic E-state index is 4.54. The Labute approximate surface area is 103 Å². The van der Waals surface area contributed by atoms with E-state index in [1.165, 1.54) is 44.2 Å². The molecule has 1 aliphatic carbocycles. The summed E-state index contributed by atoms with van der Waals surface area (Å²) in [5.74, 6) is 1.12. The Morgan fingerprint density at radius 3 is 2.82 bits per heavy atom. The minimum absolute atomic E-state index is 0.561. The van der Waals surface area contributed by atoms with Gasteiger partial charge in [0.1, 0.15) is 5.82 Å². The highest BCUT2D eigenvalue weighted by Crippen LogP contribution is 2.34. The van der Waals surface area contributed by atoms with Crippen LogP contribution in [0.1, 0.15) is 43.7 Å². The van der Waals surface area contributed by atoms with Crippen LogP contribution in [0.3, 0.4) is 0 Å². The van der Waals surface area contributed by atoms with Gasteiger partial charge in [0, 0.05) is 23.8 Å². The molecular weight excluding hydrogens is 210 g/mol. The van der Waals surface area contributed by atoms with Crippen molar-refractivity contribution in [1.82, 2.24) is 9.88 Å². The summed E-state index contributed by atoms with van der Waals surface area (Å²) in [4.78, 5) is 6.99. The van der Waals surface area contributed by atoms with E-state index in [2.05, 4.69) is 34.4 Å². The summed E-state index contributed by atoms with van der Waals surface area (Å²) < 4.78 is 0. The molecule has 0 unspecified atom stereocenters. The lowest BCUT2D eigenvalue weighted by molar-refractivity contribution is 0.317. The normalized spacial score (nSPS) is 25.8. The Balaban J connectivity index is 1.81. The van der Waals surface area contributed by atoms with Crippen molar-refractivity contribution in [3.63, 3.8) is 0 Å². The van der Waals surface area contributed by atoms with E-state index in [9.17, 15) is 0 Å². The van der Waals surface area contributed by atoms with Gasteiger partial charge < -0.3 is 5.32 Å². The molecule has 1 saturated heterocycles. The number of nitrogens with zero attached hydrogens (tertiary/aromatic N) is 2. The van der Waals surface area contributed by atoms with Gasteiger partial charge in [0.05, 0.1) is 0 Å². The molecule has 1 aromatic heterocycles. The van der Waals surface area contributed by atoms with Crippen LogP contribution in [-0.2, 0) is 0 Å². The Hall–Kier alpha value is -1.09. The number of rotatable bonds is 3. The number of pyridine rings is 1. The second kappa shape index (κ2) is 4.65. The van der Waals surface area contributed by atoms with E-state index < -0.39 is 0 Å². The van der Waals surface area contributed by atoms with Crippen LogP contribution in [0.2, 0.25) is 0 Å². The van der Waals surface area contributed by atoms with Gasteiger partial charge in [-0.05, 0) is 51.8 Å². The van der Waals surface area contributed by atoms with Gasteiger partial charge in [0.2, 0.25) is 0 Å². The summed E-state index contributed by atoms with van der Waals surface area (Å²) in [6, 6.07) is 5.52. The third-order valence-electron chi connectivity index (χ3n) is 4.16. The van der Waals surface area contributed by atoms with Gasteiger partial charge in [0.25, 0.3) is 0 Å². The highest BCUT2D eigenvalue weighted by Gasteiger charge is 2.26. The first kappa shape index (κ1) is 11.0. The largest absolute Gasteiger partial charge is 0.367 e. The zero-order chi connectivity index (χ0) is 11.7. The molecule has 17 heavy (non-hydrogen) atoms. The summed E-state index contributed by atoms with van der Waals surface area (Å²) >= 11 is 0. The summed E-state index contributed by atoms with van der Waals surface area (Å²) in [5, 5.41) is 3.61. The van der Waals surface area contributed by atoms with Gasteiger partial charge in [0.15, 0.2) is 0 Å². The quantitative estimate of drug-likeness (QED) is 0.867. The fraction of sp³-hybridized carbons (Fsp3) is 0.643. The maximum Gasteiger partial charge on any atom is 0.130 e. The highest BCUT2D eigenvalue weighted by atomic mass is 15.2. The van der Waals surface area contributed by atoms with E-state index in [0.717, 1.165) is 5.82 Å². The highest BCUT2D eigenvalue weighted by molar-refractivity contribution is 5.47. The van der Waals surface area contributed by atoms with Crippen molar-refractivity contribution < 1.29 is 0 Å². The Kier molecular flexibility index (Phi) is 3.02. The number of hydrogen-bond acceptors (Lipinski definition) is 3. The van der Waals surface area contributed by atoms with E-state index >= 15 is 0 Å². The van der Waals surface area contributed by atoms with Gasteiger partial charge in [-0.1, -0.05) is 6.07 Å². The summed E-state index contributed by atoms with van der Waals surface area (Å²) in [6.07, 6.45) is 8.44. The third kappa shape index (κ3) is 2.16. The number of aromatic nitrogens is 1. The molecule has 1 atom stereocenters. The molecule has 3 rings (SSSR count). The van der Waals surface area contributed by atoms with E-state index in [1.54, 1.807) is 0 Å². The van der Waals surface area contributed by atoms with E-state index in [-0.39, 0.29) is 0 Å². The van der Waals surface area contributed by atoms with Gasteiger partial charge >= 0.3 is 0 Å². The van der Waals surface area contributed by atoms with Crippen LogP contribution in [0.5, 0.6) is 0 Å². The molecular formula is C14H21N3. The van der Waals surface area contributed by atoms with Crippen molar-refractivity contribution in [2.45, 2.75) is 44.2 Å². The van der Waals surface area contributed by atoms with Gasteiger partial charge in [-0.25, -0.2) is 4.98 Å². The molecule has 1 aliphatic heterocycles. The standard InChI is InChI=1S/C14H21N3/c1-17-10-4-8-13(17)12-7-3-9-15-14(12)16-11-5-2-6-11/h3,7,9,11,13H,2,4-6,8,10H2,1H3,(H,15,16)/t13-/m1/s1. The van der Waals surface area contributed by atoms with Gasteiger partial charge in [-0.15, -0.1) is 0 Å². The Bertz CT molecular complexity index is 387. The molecule has 0 spiro atoms. The van der Waals surface area contributed by atoms with Crippen molar-refractivity contribution in [1.29, 1.82) is 0 Å². The number of anilines is 1. The fourth-order valence-electron chi connectivity index (χ4n) is 2.86. The predicted molar refractivity (Wildman–Crippen MR) is 70.1 cm³/mol. The zero-order valence-electron chi connectivity index (χ0n) is 10.5. The van der Waals surface area contributed by atoms with Crippen LogP contribution < -0.4 is 5.32 Å². The molecule has 1 aromatic rings. The van der Waals surface area contributed by atoms with Crippen molar-refractivity contribution in [2.75, 3.05) is 18.9 Å². The number of nitrogens with one attached hydrogen (secondary N) is 1. The SMILES string of the molecule is CN1CCC[C@@H]1c1cccnc1NC1CCC1. The lowest BCUT2D eigenvalue weighted by Crippen LogP contribution is -2.29. The van der Waals surface area contributed by atoms with Crippen molar-refractivity contribution in [2.24, 2.45) is 0 Å². The second-order valence-electron chi connectivity index (χ2n) is 5.35. The van der Waals surface area contributed by atoms with Crippen molar-refractivity contribution >= 4 is 5.82 Å². The van der Waals surface area contributed by atoms with Crippen LogP contribution in [-0.4, -0.2) is 29.5 Å². The monoisotopic (exact) mass is 231 g/mol. The zero-order valence-corrected chi connectivity index (χ0v) is 10.5. The molecule has 1 saturated carbocycles.